The third-order valence-electron chi connectivity index (χ3n) is 4.94. The second-order valence-corrected chi connectivity index (χ2v) is 5.04. The lowest BCUT2D eigenvalue weighted by Crippen LogP contribution is -2.73. The maximum Gasteiger partial charge on any atom is 0.309 e. The molecule has 4 rings (SSSR count). The highest BCUT2D eigenvalue weighted by Crippen LogP contribution is 2.77. The zero-order valence-electron chi connectivity index (χ0n) is 7.69. The number of rotatable bonds is 2. The number of aliphatic carboxylic acids is 2. The molecular weight excluding hydrogens is 184 g/mol. The molecule has 0 spiro atoms. The fourth-order valence-electron chi connectivity index (χ4n) is 3.94. The van der Waals surface area contributed by atoms with Crippen LogP contribution in [0.25, 0.3) is 0 Å². The van der Waals surface area contributed by atoms with Crippen molar-refractivity contribution in [2.45, 2.75) is 25.7 Å². The van der Waals surface area contributed by atoms with E-state index in [9.17, 15) is 9.59 Å². The van der Waals surface area contributed by atoms with E-state index in [-0.39, 0.29) is 11.8 Å². The quantitative estimate of drug-likeness (QED) is 0.689. The molecule has 0 heterocycles. The van der Waals surface area contributed by atoms with Crippen LogP contribution in [0.15, 0.2) is 0 Å². The van der Waals surface area contributed by atoms with Crippen molar-refractivity contribution < 1.29 is 19.8 Å². The van der Waals surface area contributed by atoms with Gasteiger partial charge in [0.1, 0.15) is 0 Å². The lowest BCUT2D eigenvalue weighted by molar-refractivity contribution is -0.269. The fourth-order valence-corrected chi connectivity index (χ4v) is 3.94. The summed E-state index contributed by atoms with van der Waals surface area (Å²) in [5, 5.41) is 18.2. The van der Waals surface area contributed by atoms with Crippen LogP contribution in [-0.2, 0) is 9.59 Å². The Hall–Kier alpha value is -1.06. The lowest BCUT2D eigenvalue weighted by atomic mass is 9.29. The molecule has 4 heteroatoms. The molecule has 4 nitrogen and oxygen atoms in total. The lowest BCUT2D eigenvalue weighted by Gasteiger charge is -2.72. The summed E-state index contributed by atoms with van der Waals surface area (Å²) >= 11 is 0. The van der Waals surface area contributed by atoms with Crippen LogP contribution in [0.4, 0.5) is 0 Å². The molecule has 4 aliphatic carbocycles. The van der Waals surface area contributed by atoms with Gasteiger partial charge in [0, 0.05) is 0 Å². The first kappa shape index (κ1) is 8.26. The molecule has 4 fully saturated rings. The van der Waals surface area contributed by atoms with Gasteiger partial charge >= 0.3 is 11.9 Å². The Kier molecular flexibility index (Phi) is 1.16. The van der Waals surface area contributed by atoms with Crippen molar-refractivity contribution in [1.82, 2.24) is 0 Å². The molecule has 0 aromatic carbocycles. The summed E-state index contributed by atoms with van der Waals surface area (Å²) in [6, 6.07) is 0. The highest BCUT2D eigenvalue weighted by Gasteiger charge is 2.78. The normalized spacial score (nSPS) is 52.9. The van der Waals surface area contributed by atoms with Gasteiger partial charge in [-0.05, 0) is 37.5 Å². The first-order valence-electron chi connectivity index (χ1n) is 5.00. The molecule has 76 valence electrons. The summed E-state index contributed by atoms with van der Waals surface area (Å²) in [7, 11) is 0. The largest absolute Gasteiger partial charge is 0.481 e. The number of carboxylic acid groups (broad SMARTS) is 2. The van der Waals surface area contributed by atoms with Crippen molar-refractivity contribution in [3.8, 4) is 0 Å². The van der Waals surface area contributed by atoms with Gasteiger partial charge in [-0.25, -0.2) is 0 Å². The van der Waals surface area contributed by atoms with Gasteiger partial charge in [-0.2, -0.15) is 0 Å². The maximum absolute atomic E-state index is 11.1. The van der Waals surface area contributed by atoms with E-state index >= 15 is 0 Å². The van der Waals surface area contributed by atoms with Crippen LogP contribution in [0.2, 0.25) is 0 Å². The minimum Gasteiger partial charge on any atom is -0.481 e. The van der Waals surface area contributed by atoms with Gasteiger partial charge in [-0.1, -0.05) is 0 Å². The molecular formula is C10H12O4. The second kappa shape index (κ2) is 1.97. The summed E-state index contributed by atoms with van der Waals surface area (Å²) in [6.45, 7) is 0. The molecule has 0 aliphatic heterocycles. The highest BCUT2D eigenvalue weighted by atomic mass is 16.4. The van der Waals surface area contributed by atoms with E-state index in [0.717, 1.165) is 0 Å². The minimum atomic E-state index is -0.711. The number of fused-ring (bicyclic) bond motifs is 1. The highest BCUT2D eigenvalue weighted by molar-refractivity contribution is 5.84. The van der Waals surface area contributed by atoms with E-state index in [1.54, 1.807) is 0 Å². The molecule has 2 N–H and O–H groups in total. The van der Waals surface area contributed by atoms with Gasteiger partial charge in [-0.15, -0.1) is 0 Å². The Labute approximate surface area is 80.9 Å². The SMILES string of the molecule is O=C(O)[C@@]12CC[C@@]3(C(=O)O)CC1C3C2. The van der Waals surface area contributed by atoms with Crippen LogP contribution >= 0.6 is 0 Å². The molecule has 0 amide bonds. The van der Waals surface area contributed by atoms with Crippen molar-refractivity contribution in [1.29, 1.82) is 0 Å². The zero-order chi connectivity index (χ0) is 10.1. The average Bonchev–Trinajstić information content (AvgIpc) is 2.13. The zero-order valence-corrected chi connectivity index (χ0v) is 7.69. The summed E-state index contributed by atoms with van der Waals surface area (Å²) in [5.74, 6) is -1.11. The first-order chi connectivity index (χ1) is 6.53. The van der Waals surface area contributed by atoms with Gasteiger partial charge < -0.3 is 10.2 Å². The van der Waals surface area contributed by atoms with Crippen LogP contribution in [0.3, 0.4) is 0 Å². The van der Waals surface area contributed by atoms with Crippen molar-refractivity contribution in [3.05, 3.63) is 0 Å². The van der Waals surface area contributed by atoms with Crippen molar-refractivity contribution in [3.63, 3.8) is 0 Å². The van der Waals surface area contributed by atoms with E-state index in [1.807, 2.05) is 0 Å². The summed E-state index contributed by atoms with van der Waals surface area (Å²) < 4.78 is 0. The standard InChI is InChI=1S/C10H12O4/c11-7(12)9-1-2-10(8(13)14)4-5(9)6(10)3-9/h5-6H,1-4H2,(H,11,12)(H,13,14)/t5?,6?,9-,10-/m1/s1. The van der Waals surface area contributed by atoms with Gasteiger partial charge in [0.25, 0.3) is 0 Å². The van der Waals surface area contributed by atoms with Gasteiger partial charge in [-0.3, -0.25) is 9.59 Å². The number of hydrogen-bond donors (Lipinski definition) is 2. The number of hydrogen-bond acceptors (Lipinski definition) is 2. The predicted molar refractivity (Wildman–Crippen MR) is 45.6 cm³/mol. The van der Waals surface area contributed by atoms with Crippen LogP contribution in [0.5, 0.6) is 0 Å². The molecule has 4 atom stereocenters. The molecule has 2 unspecified atom stereocenters. The van der Waals surface area contributed by atoms with Crippen molar-refractivity contribution >= 4 is 11.9 Å². The van der Waals surface area contributed by atoms with Crippen LogP contribution < -0.4 is 0 Å². The van der Waals surface area contributed by atoms with Gasteiger partial charge in [0.15, 0.2) is 0 Å². The smallest absolute Gasteiger partial charge is 0.309 e. The Morgan fingerprint density at radius 2 is 1.29 bits per heavy atom. The van der Waals surface area contributed by atoms with Gasteiger partial charge in [0.2, 0.25) is 0 Å². The van der Waals surface area contributed by atoms with Crippen molar-refractivity contribution in [2.75, 3.05) is 0 Å². The summed E-state index contributed by atoms with van der Waals surface area (Å²) in [5.41, 5.74) is -1.08. The van der Waals surface area contributed by atoms with Crippen LogP contribution in [0, 0.1) is 22.7 Å². The third kappa shape index (κ3) is 0.560. The van der Waals surface area contributed by atoms with Crippen LogP contribution in [-0.4, -0.2) is 22.2 Å². The van der Waals surface area contributed by atoms with E-state index in [0.29, 0.717) is 25.7 Å². The Bertz CT molecular complexity index is 308. The van der Waals surface area contributed by atoms with Crippen LogP contribution in [0.1, 0.15) is 25.7 Å². The first-order valence-corrected chi connectivity index (χ1v) is 5.00. The van der Waals surface area contributed by atoms with E-state index in [4.69, 9.17) is 10.2 Å². The van der Waals surface area contributed by atoms with Crippen molar-refractivity contribution in [2.24, 2.45) is 22.7 Å². The number of carboxylic acids is 2. The van der Waals surface area contributed by atoms with E-state index in [2.05, 4.69) is 0 Å². The molecule has 0 aromatic heterocycles. The fraction of sp³-hybridized carbons (Fsp3) is 0.800. The molecule has 0 saturated heterocycles. The molecule has 4 bridgehead atoms. The predicted octanol–water partition coefficient (Wildman–Crippen LogP) is 0.962. The molecule has 14 heavy (non-hydrogen) atoms. The third-order valence-corrected chi connectivity index (χ3v) is 4.94. The molecule has 0 aromatic rings. The number of carbonyl (C=O) groups is 2. The van der Waals surface area contributed by atoms with Gasteiger partial charge in [0.05, 0.1) is 10.8 Å². The summed E-state index contributed by atoms with van der Waals surface area (Å²) in [4.78, 5) is 22.2. The summed E-state index contributed by atoms with van der Waals surface area (Å²) in [6.07, 6.45) is 2.32. The molecule has 4 aliphatic rings. The average molecular weight is 196 g/mol. The minimum absolute atomic E-state index is 0.157. The topological polar surface area (TPSA) is 74.6 Å². The Morgan fingerprint density at radius 1 is 0.929 bits per heavy atom. The monoisotopic (exact) mass is 196 g/mol. The van der Waals surface area contributed by atoms with E-state index in [1.165, 1.54) is 0 Å². The van der Waals surface area contributed by atoms with E-state index < -0.39 is 22.8 Å². The molecule has 4 saturated carbocycles. The Morgan fingerprint density at radius 3 is 1.43 bits per heavy atom. The second-order valence-electron chi connectivity index (χ2n) is 5.04. The Balaban J connectivity index is 1.92. The maximum atomic E-state index is 11.1. The molecule has 0 radical (unpaired) electrons.